The van der Waals surface area contributed by atoms with Gasteiger partial charge in [-0.05, 0) is 75.8 Å². The lowest BCUT2D eigenvalue weighted by molar-refractivity contribution is -0.140. The van der Waals surface area contributed by atoms with Gasteiger partial charge in [-0.15, -0.1) is 0 Å². The molecule has 2 saturated carbocycles. The lowest BCUT2D eigenvalue weighted by Gasteiger charge is -2.30. The van der Waals surface area contributed by atoms with E-state index < -0.39 is 79.7 Å². The van der Waals surface area contributed by atoms with Crippen molar-refractivity contribution in [2.45, 2.75) is 99.4 Å². The lowest BCUT2D eigenvalue weighted by Crippen LogP contribution is -2.58. The SMILES string of the molecule is COc1ccc2c(O[C@@H]3C[C@H]4C(=O)N[C@]5(C(=O)NS(=O)(=O)C6(C)CC6)C[C@H]5C=CCCCCC[C@H](Nc5cc(F)cc(C(F)(F)F)c5)C(=O)N4C3)cc(-c3ccccc3)nc2c1. The average Bonchev–Trinajstić information content (AvgIpc) is 4.12. The summed E-state index contributed by atoms with van der Waals surface area (Å²) in [6.07, 6.45) is 1.27. The Morgan fingerprint density at radius 3 is 2.50 bits per heavy atom. The smallest absolute Gasteiger partial charge is 0.416 e. The van der Waals surface area contributed by atoms with Gasteiger partial charge in [-0.2, -0.15) is 13.2 Å². The molecule has 5 atom stereocenters. The number of nitrogens with one attached hydrogen (secondary N) is 3. The first-order chi connectivity index (χ1) is 29.5. The molecule has 0 spiro atoms. The van der Waals surface area contributed by atoms with E-state index in [1.807, 2.05) is 36.4 Å². The third kappa shape index (κ3) is 8.81. The van der Waals surface area contributed by atoms with Crippen molar-refractivity contribution >= 4 is 44.3 Å². The van der Waals surface area contributed by atoms with E-state index in [2.05, 4.69) is 15.4 Å². The van der Waals surface area contributed by atoms with Gasteiger partial charge in [0.2, 0.25) is 21.8 Å². The number of fused-ring (bicyclic) bond motifs is 3. The number of allylic oxidation sites excluding steroid dienone is 1. The van der Waals surface area contributed by atoms with Crippen LogP contribution in [-0.2, 0) is 30.6 Å². The molecule has 8 rings (SSSR count). The monoisotopic (exact) mass is 877 g/mol. The fourth-order valence-electron chi connectivity index (χ4n) is 8.32. The van der Waals surface area contributed by atoms with Crippen LogP contribution in [0.5, 0.6) is 11.5 Å². The number of methoxy groups -OCH3 is 1. The van der Waals surface area contributed by atoms with Crippen LogP contribution in [0.1, 0.15) is 70.3 Å². The zero-order valence-corrected chi connectivity index (χ0v) is 35.0. The van der Waals surface area contributed by atoms with Crippen molar-refractivity contribution in [3.8, 4) is 22.8 Å². The predicted octanol–water partition coefficient (Wildman–Crippen LogP) is 7.29. The molecule has 1 aromatic heterocycles. The normalized spacial score (nSPS) is 25.1. The number of anilines is 1. The standard InChI is InChI=1S/C45H47F4N5O7S/c1-43(17-18-43)62(58,59)53-42(57)44-25-28(44)13-9-4-3-5-10-14-35(50-31-20-29(45(47,48)49)19-30(46)21-31)41(56)54-26-33(23-38(54)40(55)52-44)61-39-24-36(27-11-7-6-8-12-27)51-37-22-32(60-2)15-16-34(37)39/h6-9,11-13,15-16,19-22,24,28,33,35,38,50H,3-5,10,14,17-18,23,25-26H2,1-2H3,(H,52,55)(H,53,57)/t28-,33-,35+,38+,44-/m1/s1. The van der Waals surface area contributed by atoms with Crippen LogP contribution in [0, 0.1) is 11.7 Å². The fraction of sp³-hybridized carbons (Fsp3) is 0.422. The van der Waals surface area contributed by atoms with Crippen LogP contribution in [0.25, 0.3) is 22.2 Å². The number of aromatic nitrogens is 1. The minimum absolute atomic E-state index is 0.0717. The number of carbonyl (C=O) groups is 3. The molecule has 4 aromatic rings. The number of alkyl halides is 3. The van der Waals surface area contributed by atoms with Gasteiger partial charge >= 0.3 is 6.18 Å². The molecule has 1 saturated heterocycles. The number of hydrogen-bond acceptors (Lipinski definition) is 9. The number of nitrogens with zero attached hydrogens (tertiary/aromatic N) is 2. The minimum atomic E-state index is -4.86. The van der Waals surface area contributed by atoms with Crippen molar-refractivity contribution in [1.29, 1.82) is 0 Å². The second-order valence-corrected chi connectivity index (χ2v) is 19.1. The highest BCUT2D eigenvalue weighted by atomic mass is 32.2. The van der Waals surface area contributed by atoms with E-state index in [0.29, 0.717) is 72.7 Å². The van der Waals surface area contributed by atoms with Gasteiger partial charge in [-0.25, -0.2) is 17.8 Å². The molecule has 12 nitrogen and oxygen atoms in total. The number of pyridine rings is 1. The Labute approximate surface area is 356 Å². The van der Waals surface area contributed by atoms with Crippen molar-refractivity contribution in [3.05, 3.63) is 96.3 Å². The predicted molar refractivity (Wildman–Crippen MR) is 223 cm³/mol. The first-order valence-corrected chi connectivity index (χ1v) is 22.2. The minimum Gasteiger partial charge on any atom is -0.497 e. The Morgan fingerprint density at radius 1 is 1.00 bits per heavy atom. The average molecular weight is 878 g/mol. The highest BCUT2D eigenvalue weighted by Crippen LogP contribution is 2.48. The van der Waals surface area contributed by atoms with Crippen molar-refractivity contribution in [3.63, 3.8) is 0 Å². The number of sulfonamides is 1. The molecular weight excluding hydrogens is 831 g/mol. The molecule has 3 aromatic carbocycles. The van der Waals surface area contributed by atoms with Gasteiger partial charge in [0.15, 0.2) is 0 Å². The second-order valence-electron chi connectivity index (χ2n) is 16.9. The van der Waals surface area contributed by atoms with E-state index in [0.717, 1.165) is 17.7 Å². The highest BCUT2D eigenvalue weighted by Gasteiger charge is 2.63. The van der Waals surface area contributed by atoms with Gasteiger partial charge in [0.25, 0.3) is 5.91 Å². The molecule has 2 aliphatic heterocycles. The van der Waals surface area contributed by atoms with Crippen LogP contribution < -0.4 is 24.8 Å². The van der Waals surface area contributed by atoms with Gasteiger partial charge in [-0.3, -0.25) is 19.1 Å². The Kier molecular flexibility index (Phi) is 11.5. The molecule has 62 heavy (non-hydrogen) atoms. The summed E-state index contributed by atoms with van der Waals surface area (Å²) in [5.41, 5.74) is -1.20. The van der Waals surface area contributed by atoms with Crippen LogP contribution in [0.15, 0.2) is 84.9 Å². The molecule has 3 fully saturated rings. The van der Waals surface area contributed by atoms with Gasteiger partial charge in [0, 0.05) is 41.1 Å². The Hall–Kier alpha value is -5.71. The molecule has 2 aliphatic carbocycles. The van der Waals surface area contributed by atoms with Crippen LogP contribution in [0.4, 0.5) is 23.2 Å². The van der Waals surface area contributed by atoms with Gasteiger partial charge < -0.3 is 25.0 Å². The van der Waals surface area contributed by atoms with E-state index >= 15 is 0 Å². The zero-order valence-electron chi connectivity index (χ0n) is 34.1. The molecule has 4 aliphatic rings. The summed E-state index contributed by atoms with van der Waals surface area (Å²) in [5, 5.41) is 6.31. The third-order valence-corrected chi connectivity index (χ3v) is 14.5. The zero-order chi connectivity index (χ0) is 44.0. The van der Waals surface area contributed by atoms with Crippen LogP contribution in [0.3, 0.4) is 0 Å². The van der Waals surface area contributed by atoms with E-state index in [1.165, 1.54) is 12.0 Å². The molecule has 3 heterocycles. The molecule has 17 heteroatoms. The van der Waals surface area contributed by atoms with Crippen LogP contribution in [0.2, 0.25) is 0 Å². The third-order valence-electron chi connectivity index (χ3n) is 12.4. The molecule has 3 N–H and O–H groups in total. The Balaban J connectivity index is 1.15. The summed E-state index contributed by atoms with van der Waals surface area (Å²) in [4.78, 5) is 49.6. The molecule has 328 valence electrons. The fourth-order valence-corrected chi connectivity index (χ4v) is 9.63. The van der Waals surface area contributed by atoms with E-state index in [9.17, 15) is 40.4 Å². The molecular formula is C45H47F4N5O7S. The van der Waals surface area contributed by atoms with Crippen molar-refractivity contribution in [2.75, 3.05) is 19.0 Å². The van der Waals surface area contributed by atoms with E-state index in [1.54, 1.807) is 37.3 Å². The summed E-state index contributed by atoms with van der Waals surface area (Å²) in [7, 11) is -2.54. The number of rotatable bonds is 9. The molecule has 0 unspecified atom stereocenters. The highest BCUT2D eigenvalue weighted by molar-refractivity contribution is 7.91. The van der Waals surface area contributed by atoms with E-state index in [-0.39, 0.29) is 31.5 Å². The maximum absolute atomic E-state index is 14.8. The topological polar surface area (TPSA) is 156 Å². The number of hydrogen-bond donors (Lipinski definition) is 3. The van der Waals surface area contributed by atoms with Crippen molar-refractivity contribution in [1.82, 2.24) is 19.9 Å². The van der Waals surface area contributed by atoms with Crippen LogP contribution in [-0.4, -0.2) is 78.2 Å². The maximum atomic E-state index is 14.8. The summed E-state index contributed by atoms with van der Waals surface area (Å²) < 4.78 is 95.7. The Bertz CT molecular complexity index is 2530. The second kappa shape index (κ2) is 16.5. The molecule has 0 radical (unpaired) electrons. The van der Waals surface area contributed by atoms with Gasteiger partial charge in [0.1, 0.15) is 41.0 Å². The summed E-state index contributed by atoms with van der Waals surface area (Å²) >= 11 is 0. The first kappa shape index (κ1) is 43.0. The van der Waals surface area contributed by atoms with Gasteiger partial charge in [-0.1, -0.05) is 55.3 Å². The quantitative estimate of drug-likeness (QED) is 0.116. The van der Waals surface area contributed by atoms with E-state index in [4.69, 9.17) is 14.5 Å². The molecule has 3 amide bonds. The maximum Gasteiger partial charge on any atom is 0.416 e. The van der Waals surface area contributed by atoms with Crippen LogP contribution >= 0.6 is 0 Å². The number of benzene rings is 3. The lowest BCUT2D eigenvalue weighted by atomic mass is 10.0. The number of carbonyl (C=O) groups excluding carboxylic acids is 3. The Morgan fingerprint density at radius 2 is 1.77 bits per heavy atom. The van der Waals surface area contributed by atoms with Gasteiger partial charge in [0.05, 0.1) is 35.2 Å². The summed E-state index contributed by atoms with van der Waals surface area (Å²) in [6.45, 7) is 1.40. The number of halogens is 4. The molecule has 0 bridgehead atoms. The summed E-state index contributed by atoms with van der Waals surface area (Å²) in [5.74, 6) is -2.99. The largest absolute Gasteiger partial charge is 0.497 e. The van der Waals surface area contributed by atoms with Crippen molar-refractivity contribution < 1.29 is 49.8 Å². The van der Waals surface area contributed by atoms with Crippen molar-refractivity contribution in [2.24, 2.45) is 5.92 Å². The number of amides is 3. The summed E-state index contributed by atoms with van der Waals surface area (Å²) in [6, 6.07) is 15.9. The number of ether oxygens (including phenoxy) is 2. The first-order valence-electron chi connectivity index (χ1n) is 20.7.